The van der Waals surface area contributed by atoms with Crippen LogP contribution in [-0.2, 0) is 19.2 Å². The number of likely N-dealkylation sites (tertiary alicyclic amines) is 1. The quantitative estimate of drug-likeness (QED) is 0.324. The van der Waals surface area contributed by atoms with Crippen LogP contribution >= 0.6 is 11.8 Å². The minimum absolute atomic E-state index is 0.0000369. The fourth-order valence-corrected chi connectivity index (χ4v) is 4.58. The molecular formula is C16H26N4O5S. The van der Waals surface area contributed by atoms with Gasteiger partial charge < -0.3 is 21.9 Å². The lowest BCUT2D eigenvalue weighted by Gasteiger charge is -2.30. The molecule has 26 heavy (non-hydrogen) atoms. The molecule has 1 aliphatic carbocycles. The van der Waals surface area contributed by atoms with Gasteiger partial charge in [-0.2, -0.15) is 0 Å². The smallest absolute Gasteiger partial charge is 0.322 e. The highest BCUT2D eigenvalue weighted by molar-refractivity contribution is 8.01. The average Bonchev–Trinajstić information content (AvgIpc) is 2.88. The molecule has 3 unspecified atom stereocenters. The van der Waals surface area contributed by atoms with Crippen molar-refractivity contribution in [2.75, 3.05) is 13.6 Å². The molecule has 146 valence electrons. The van der Waals surface area contributed by atoms with E-state index in [1.807, 2.05) is 0 Å². The molecule has 1 saturated carbocycles. The maximum Gasteiger partial charge on any atom is 0.322 e. The summed E-state index contributed by atoms with van der Waals surface area (Å²) in [5, 5.41) is 9.88. The monoisotopic (exact) mass is 386 g/mol. The Labute approximate surface area is 156 Å². The highest BCUT2D eigenvalue weighted by Gasteiger charge is 2.42. The summed E-state index contributed by atoms with van der Waals surface area (Å²) in [5.41, 5.74) is 11.2. The van der Waals surface area contributed by atoms with Crippen LogP contribution in [0.15, 0.2) is 0 Å². The Hall–Kier alpha value is -1.65. The maximum atomic E-state index is 12.5. The number of hydrogen-bond donors (Lipinski definition) is 4. The minimum atomic E-state index is -1.29. The number of aliphatic carboxylic acids is 1. The predicted molar refractivity (Wildman–Crippen MR) is 95.8 cm³/mol. The first-order valence-corrected chi connectivity index (χ1v) is 9.64. The van der Waals surface area contributed by atoms with Gasteiger partial charge in [0.2, 0.25) is 17.7 Å². The summed E-state index contributed by atoms with van der Waals surface area (Å²) in [4.78, 5) is 48.5. The van der Waals surface area contributed by atoms with Crippen LogP contribution in [0.2, 0.25) is 0 Å². The first kappa shape index (κ1) is 20.7. The molecule has 2 fully saturated rings. The lowest BCUT2D eigenvalue weighted by Crippen LogP contribution is -2.46. The molecule has 0 radical (unpaired) electrons. The van der Waals surface area contributed by atoms with Gasteiger partial charge >= 0.3 is 5.97 Å². The summed E-state index contributed by atoms with van der Waals surface area (Å²) in [7, 11) is 1.62. The molecule has 0 bridgehead atoms. The van der Waals surface area contributed by atoms with Crippen molar-refractivity contribution < 1.29 is 24.3 Å². The van der Waals surface area contributed by atoms with Crippen molar-refractivity contribution in [3.05, 3.63) is 0 Å². The number of carboxylic acid groups (broad SMARTS) is 1. The second-order valence-electron chi connectivity index (χ2n) is 6.83. The lowest BCUT2D eigenvalue weighted by atomic mass is 9.81. The normalized spacial score (nSPS) is 28.7. The Morgan fingerprint density at radius 3 is 2.42 bits per heavy atom. The van der Waals surface area contributed by atoms with Crippen LogP contribution in [0, 0.1) is 11.8 Å². The minimum Gasteiger partial charge on any atom is -0.480 e. The molecular weight excluding hydrogens is 360 g/mol. The van der Waals surface area contributed by atoms with Crippen LogP contribution in [0.4, 0.5) is 0 Å². The molecule has 2 rings (SSSR count). The number of amides is 3. The summed E-state index contributed by atoms with van der Waals surface area (Å²) in [5.74, 6) is -1.62. The molecule has 0 spiro atoms. The molecule has 9 nitrogen and oxygen atoms in total. The molecule has 3 amide bonds. The highest BCUT2D eigenvalue weighted by atomic mass is 32.2. The zero-order chi connectivity index (χ0) is 19.4. The van der Waals surface area contributed by atoms with Gasteiger partial charge in [0.25, 0.3) is 0 Å². The van der Waals surface area contributed by atoms with Crippen molar-refractivity contribution >= 4 is 35.5 Å². The number of thioether (sulfide) groups is 1. The standard InChI is InChI=1S/C16H26N4O5S/c1-19-14(22)9-4-2-8(3-5-9)7-20-11(21)6-10(15(20)23)26-13(18)12(17)16(24)25/h8-10,12-13H,2-7,17-18H2,1H3,(H,19,22)(H,24,25). The van der Waals surface area contributed by atoms with Gasteiger partial charge in [-0.05, 0) is 31.6 Å². The summed E-state index contributed by atoms with van der Waals surface area (Å²) < 4.78 is 0. The summed E-state index contributed by atoms with van der Waals surface area (Å²) in [6.07, 6.45) is 3.08. The van der Waals surface area contributed by atoms with Gasteiger partial charge in [-0.15, -0.1) is 11.8 Å². The number of imide groups is 1. The molecule has 0 aromatic carbocycles. The molecule has 0 aromatic rings. The number of hydrogen-bond acceptors (Lipinski definition) is 7. The Morgan fingerprint density at radius 1 is 1.27 bits per heavy atom. The van der Waals surface area contributed by atoms with Crippen LogP contribution in [0.1, 0.15) is 32.1 Å². The molecule has 2 aliphatic rings. The average molecular weight is 386 g/mol. The van der Waals surface area contributed by atoms with Crippen molar-refractivity contribution in [2.45, 2.75) is 48.8 Å². The highest BCUT2D eigenvalue weighted by Crippen LogP contribution is 2.33. The number of rotatable bonds is 7. The van der Waals surface area contributed by atoms with Crippen molar-refractivity contribution in [3.63, 3.8) is 0 Å². The van der Waals surface area contributed by atoms with E-state index in [0.29, 0.717) is 6.54 Å². The van der Waals surface area contributed by atoms with Crippen molar-refractivity contribution in [3.8, 4) is 0 Å². The Bertz CT molecular complexity index is 579. The third-order valence-electron chi connectivity index (χ3n) is 5.07. The molecule has 10 heteroatoms. The topological polar surface area (TPSA) is 156 Å². The van der Waals surface area contributed by atoms with Gasteiger partial charge in [0.15, 0.2) is 0 Å². The van der Waals surface area contributed by atoms with E-state index in [9.17, 15) is 19.2 Å². The molecule has 6 N–H and O–H groups in total. The Morgan fingerprint density at radius 2 is 1.88 bits per heavy atom. The molecule has 3 atom stereocenters. The van der Waals surface area contributed by atoms with Gasteiger partial charge in [-0.1, -0.05) is 0 Å². The Balaban J connectivity index is 1.87. The van der Waals surface area contributed by atoms with Crippen molar-refractivity contribution in [1.29, 1.82) is 0 Å². The van der Waals surface area contributed by atoms with E-state index in [-0.39, 0.29) is 36.0 Å². The number of carboxylic acids is 1. The number of nitrogens with one attached hydrogen (secondary N) is 1. The van der Waals surface area contributed by atoms with E-state index in [2.05, 4.69) is 5.32 Å². The van der Waals surface area contributed by atoms with Crippen LogP contribution < -0.4 is 16.8 Å². The van der Waals surface area contributed by atoms with Gasteiger partial charge in [-0.25, -0.2) is 0 Å². The van der Waals surface area contributed by atoms with E-state index in [0.717, 1.165) is 37.4 Å². The van der Waals surface area contributed by atoms with Crippen molar-refractivity contribution in [2.24, 2.45) is 23.3 Å². The fourth-order valence-electron chi connectivity index (χ4n) is 3.44. The fraction of sp³-hybridized carbons (Fsp3) is 0.750. The third kappa shape index (κ3) is 4.74. The zero-order valence-corrected chi connectivity index (χ0v) is 15.5. The van der Waals surface area contributed by atoms with Crippen LogP contribution in [0.25, 0.3) is 0 Å². The molecule has 1 heterocycles. The molecule has 0 aromatic heterocycles. The van der Waals surface area contributed by atoms with E-state index >= 15 is 0 Å². The van der Waals surface area contributed by atoms with Crippen molar-refractivity contribution in [1.82, 2.24) is 10.2 Å². The summed E-state index contributed by atoms with van der Waals surface area (Å²) in [6, 6.07) is -1.29. The SMILES string of the molecule is CNC(=O)C1CCC(CN2C(=O)CC(SC(N)C(N)C(=O)O)C2=O)CC1. The number of nitrogens with zero attached hydrogens (tertiary/aromatic N) is 1. The first-order valence-electron chi connectivity index (χ1n) is 8.69. The second-order valence-corrected chi connectivity index (χ2v) is 8.22. The first-order chi connectivity index (χ1) is 12.2. The third-order valence-corrected chi connectivity index (χ3v) is 6.37. The van der Waals surface area contributed by atoms with Crippen LogP contribution in [0.3, 0.4) is 0 Å². The van der Waals surface area contributed by atoms with Gasteiger partial charge in [0, 0.05) is 25.9 Å². The number of nitrogens with two attached hydrogens (primary N) is 2. The van der Waals surface area contributed by atoms with Crippen LogP contribution in [-0.4, -0.2) is 64.0 Å². The van der Waals surface area contributed by atoms with Gasteiger partial charge in [0.1, 0.15) is 6.04 Å². The van der Waals surface area contributed by atoms with E-state index in [4.69, 9.17) is 16.6 Å². The summed E-state index contributed by atoms with van der Waals surface area (Å²) in [6.45, 7) is 0.343. The van der Waals surface area contributed by atoms with E-state index < -0.39 is 22.6 Å². The zero-order valence-electron chi connectivity index (χ0n) is 14.7. The van der Waals surface area contributed by atoms with E-state index in [1.165, 1.54) is 4.90 Å². The largest absolute Gasteiger partial charge is 0.480 e. The summed E-state index contributed by atoms with van der Waals surface area (Å²) >= 11 is 0.936. The van der Waals surface area contributed by atoms with Crippen LogP contribution in [0.5, 0.6) is 0 Å². The Kier molecular flexibility index (Phi) is 7.01. The van der Waals surface area contributed by atoms with Gasteiger partial charge in [-0.3, -0.25) is 24.1 Å². The lowest BCUT2D eigenvalue weighted by molar-refractivity contribution is -0.140. The number of carbonyl (C=O) groups excluding carboxylic acids is 3. The number of carbonyl (C=O) groups is 4. The molecule has 1 aliphatic heterocycles. The van der Waals surface area contributed by atoms with Gasteiger partial charge in [0.05, 0.1) is 10.6 Å². The predicted octanol–water partition coefficient (Wildman–Crippen LogP) is -0.904. The molecule has 1 saturated heterocycles. The maximum absolute atomic E-state index is 12.5. The second kappa shape index (κ2) is 8.83. The van der Waals surface area contributed by atoms with E-state index in [1.54, 1.807) is 7.05 Å².